The van der Waals surface area contributed by atoms with Gasteiger partial charge in [-0.25, -0.2) is 0 Å². The molecule has 0 aromatic rings. The van der Waals surface area contributed by atoms with E-state index in [1.807, 2.05) is 0 Å². The van der Waals surface area contributed by atoms with E-state index in [2.05, 4.69) is 12.2 Å². The van der Waals surface area contributed by atoms with Gasteiger partial charge in [0.05, 0.1) is 37.0 Å². The Balaban J connectivity index is 2.05. The van der Waals surface area contributed by atoms with Crippen LogP contribution in [0.25, 0.3) is 0 Å². The van der Waals surface area contributed by atoms with Crippen molar-refractivity contribution >= 4 is 0 Å². The van der Waals surface area contributed by atoms with E-state index in [1.54, 1.807) is 0 Å². The molecule has 0 amide bonds. The summed E-state index contributed by atoms with van der Waals surface area (Å²) in [5.74, 6) is 0. The fourth-order valence-electron chi connectivity index (χ4n) is 3.24. The predicted molar refractivity (Wildman–Crippen MR) is 87.7 cm³/mol. The van der Waals surface area contributed by atoms with Crippen LogP contribution in [0.15, 0.2) is 0 Å². The van der Waals surface area contributed by atoms with Crippen molar-refractivity contribution in [1.29, 1.82) is 0 Å². The van der Waals surface area contributed by atoms with Crippen molar-refractivity contribution in [3.63, 3.8) is 0 Å². The summed E-state index contributed by atoms with van der Waals surface area (Å²) in [4.78, 5) is 0. The molecule has 5 atom stereocenters. The average Bonchev–Trinajstić information content (AvgIpc) is 2.81. The Labute approximate surface area is 134 Å². The Morgan fingerprint density at radius 1 is 0.864 bits per heavy atom. The van der Waals surface area contributed by atoms with Crippen LogP contribution in [-0.4, -0.2) is 57.4 Å². The van der Waals surface area contributed by atoms with Gasteiger partial charge in [0.25, 0.3) is 0 Å². The molecule has 0 bridgehead atoms. The van der Waals surface area contributed by atoms with Gasteiger partial charge in [0, 0.05) is 0 Å². The molecule has 1 heterocycles. The lowest BCUT2D eigenvalue weighted by atomic mass is 9.98. The number of nitrogens with one attached hydrogen (secondary N) is 1. The van der Waals surface area contributed by atoms with Crippen molar-refractivity contribution in [2.45, 2.75) is 102 Å². The molecule has 1 aliphatic rings. The molecular weight excluding hydrogens is 282 g/mol. The van der Waals surface area contributed by atoms with Crippen molar-refractivity contribution < 1.29 is 20.4 Å². The van der Waals surface area contributed by atoms with Crippen molar-refractivity contribution in [2.24, 2.45) is 0 Å². The lowest BCUT2D eigenvalue weighted by Gasteiger charge is -2.22. The zero-order valence-electron chi connectivity index (χ0n) is 14.0. The smallest absolute Gasteiger partial charge is 0.0993 e. The lowest BCUT2D eigenvalue weighted by Crippen LogP contribution is -2.44. The minimum absolute atomic E-state index is 0.237. The number of hydrogen-bond acceptors (Lipinski definition) is 5. The van der Waals surface area contributed by atoms with E-state index in [-0.39, 0.29) is 6.61 Å². The summed E-state index contributed by atoms with van der Waals surface area (Å²) >= 11 is 0. The van der Waals surface area contributed by atoms with Crippen LogP contribution in [0.3, 0.4) is 0 Å². The highest BCUT2D eigenvalue weighted by Crippen LogP contribution is 2.20. The van der Waals surface area contributed by atoms with Crippen molar-refractivity contribution in [1.82, 2.24) is 5.32 Å². The Kier molecular flexibility index (Phi) is 10.2. The summed E-state index contributed by atoms with van der Waals surface area (Å²) in [5.41, 5.74) is 0. The summed E-state index contributed by atoms with van der Waals surface area (Å²) in [5, 5.41) is 41.8. The molecule has 132 valence electrons. The molecule has 0 aromatic carbocycles. The molecule has 5 heteroatoms. The molecule has 0 radical (unpaired) electrons. The first-order valence-corrected chi connectivity index (χ1v) is 9.03. The number of aliphatic hydroxyl groups is 4. The van der Waals surface area contributed by atoms with Gasteiger partial charge in [-0.2, -0.15) is 0 Å². The fourth-order valence-corrected chi connectivity index (χ4v) is 3.24. The second-order valence-electron chi connectivity index (χ2n) is 6.65. The maximum Gasteiger partial charge on any atom is 0.0993 e. The second-order valence-corrected chi connectivity index (χ2v) is 6.65. The lowest BCUT2D eigenvalue weighted by molar-refractivity contribution is -0.00443. The molecule has 22 heavy (non-hydrogen) atoms. The van der Waals surface area contributed by atoms with Gasteiger partial charge in [-0.05, 0) is 6.42 Å². The van der Waals surface area contributed by atoms with Gasteiger partial charge in [0.15, 0.2) is 0 Å². The van der Waals surface area contributed by atoms with E-state index in [9.17, 15) is 15.3 Å². The molecule has 1 aliphatic heterocycles. The standard InChI is InChI=1S/C17H35NO4/c1-2-3-4-5-6-7-8-9-10-11-14(20)15-17(22)16(21)13(12-19)18-15/h13-22H,2-12H2,1H3/t13-,14+,15-,16-,17-/m1/s1. The largest absolute Gasteiger partial charge is 0.395 e. The van der Waals surface area contributed by atoms with Crippen LogP contribution in [0.5, 0.6) is 0 Å². The third-order valence-electron chi connectivity index (χ3n) is 4.75. The minimum Gasteiger partial charge on any atom is -0.395 e. The molecular formula is C17H35NO4. The van der Waals surface area contributed by atoms with E-state index in [4.69, 9.17) is 5.11 Å². The molecule has 0 saturated carbocycles. The van der Waals surface area contributed by atoms with E-state index in [0.717, 1.165) is 12.8 Å². The first-order chi connectivity index (χ1) is 10.6. The molecule has 0 aromatic heterocycles. The predicted octanol–water partition coefficient (Wildman–Crippen LogP) is 1.32. The highest BCUT2D eigenvalue weighted by atomic mass is 16.3. The van der Waals surface area contributed by atoms with Gasteiger partial charge >= 0.3 is 0 Å². The van der Waals surface area contributed by atoms with E-state index >= 15 is 0 Å². The van der Waals surface area contributed by atoms with Crippen LogP contribution in [0.4, 0.5) is 0 Å². The van der Waals surface area contributed by atoms with E-state index < -0.39 is 30.4 Å². The molecule has 1 rings (SSSR count). The third kappa shape index (κ3) is 6.50. The zero-order chi connectivity index (χ0) is 16.4. The molecule has 5 N–H and O–H groups in total. The topological polar surface area (TPSA) is 93.0 Å². The van der Waals surface area contributed by atoms with Crippen LogP contribution < -0.4 is 5.32 Å². The molecule has 0 spiro atoms. The molecule has 0 aliphatic carbocycles. The normalized spacial score (nSPS) is 29.9. The maximum atomic E-state index is 10.1. The second kappa shape index (κ2) is 11.4. The van der Waals surface area contributed by atoms with Crippen molar-refractivity contribution in [3.8, 4) is 0 Å². The quantitative estimate of drug-likeness (QED) is 0.350. The summed E-state index contributed by atoms with van der Waals surface area (Å²) < 4.78 is 0. The molecule has 1 saturated heterocycles. The Hall–Kier alpha value is -0.200. The maximum absolute atomic E-state index is 10.1. The number of aliphatic hydroxyl groups excluding tert-OH is 4. The number of hydrogen-bond donors (Lipinski definition) is 5. The summed E-state index contributed by atoms with van der Waals surface area (Å²) in [6, 6.07) is -1.08. The monoisotopic (exact) mass is 317 g/mol. The number of rotatable bonds is 12. The summed E-state index contributed by atoms with van der Waals surface area (Å²) in [7, 11) is 0. The summed E-state index contributed by atoms with van der Waals surface area (Å²) in [6.07, 6.45) is 9.00. The van der Waals surface area contributed by atoms with Gasteiger partial charge in [0.2, 0.25) is 0 Å². The molecule has 1 fully saturated rings. The summed E-state index contributed by atoms with van der Waals surface area (Å²) in [6.45, 7) is 1.99. The fraction of sp³-hybridized carbons (Fsp3) is 1.00. The van der Waals surface area contributed by atoms with Gasteiger partial charge in [-0.3, -0.25) is 0 Å². The first kappa shape index (κ1) is 19.8. The first-order valence-electron chi connectivity index (χ1n) is 9.03. The van der Waals surface area contributed by atoms with Gasteiger partial charge in [0.1, 0.15) is 0 Å². The third-order valence-corrected chi connectivity index (χ3v) is 4.75. The highest BCUT2D eigenvalue weighted by Gasteiger charge is 2.43. The SMILES string of the molecule is CCCCCCCCCCC[C@H](O)[C@H]1N[C@H](CO)[C@@H](O)[C@@H]1O. The average molecular weight is 317 g/mol. The highest BCUT2D eigenvalue weighted by molar-refractivity contribution is 5.00. The van der Waals surface area contributed by atoms with Crippen LogP contribution >= 0.6 is 0 Å². The van der Waals surface area contributed by atoms with Gasteiger partial charge in [-0.1, -0.05) is 64.7 Å². The van der Waals surface area contributed by atoms with Gasteiger partial charge < -0.3 is 25.7 Å². The Morgan fingerprint density at radius 3 is 1.91 bits per heavy atom. The Bertz CT molecular complexity index is 277. The molecule has 5 nitrogen and oxygen atoms in total. The van der Waals surface area contributed by atoms with Crippen LogP contribution in [0, 0.1) is 0 Å². The van der Waals surface area contributed by atoms with E-state index in [0.29, 0.717) is 6.42 Å². The number of unbranched alkanes of at least 4 members (excludes halogenated alkanes) is 8. The van der Waals surface area contributed by atoms with Crippen LogP contribution in [-0.2, 0) is 0 Å². The van der Waals surface area contributed by atoms with E-state index in [1.165, 1.54) is 44.9 Å². The van der Waals surface area contributed by atoms with Crippen LogP contribution in [0.2, 0.25) is 0 Å². The minimum atomic E-state index is -1.01. The zero-order valence-corrected chi connectivity index (χ0v) is 14.0. The molecule has 0 unspecified atom stereocenters. The van der Waals surface area contributed by atoms with Crippen molar-refractivity contribution in [2.75, 3.05) is 6.61 Å². The van der Waals surface area contributed by atoms with Crippen LogP contribution in [0.1, 0.15) is 71.1 Å². The Morgan fingerprint density at radius 2 is 1.41 bits per heavy atom. The van der Waals surface area contributed by atoms with Gasteiger partial charge in [-0.15, -0.1) is 0 Å². The van der Waals surface area contributed by atoms with Crippen molar-refractivity contribution in [3.05, 3.63) is 0 Å².